The summed E-state index contributed by atoms with van der Waals surface area (Å²) in [5.74, 6) is 1.98. The molecule has 1 aliphatic rings. The second-order valence-electron chi connectivity index (χ2n) is 5.46. The number of hydrogen-bond acceptors (Lipinski definition) is 3. The predicted molar refractivity (Wildman–Crippen MR) is 118 cm³/mol. The van der Waals surface area contributed by atoms with Crippen molar-refractivity contribution in [2.24, 2.45) is 4.99 Å². The molecule has 24 heavy (non-hydrogen) atoms. The van der Waals surface area contributed by atoms with Crippen molar-refractivity contribution in [3.8, 4) is 5.75 Å². The van der Waals surface area contributed by atoms with Crippen molar-refractivity contribution in [1.29, 1.82) is 0 Å². The van der Waals surface area contributed by atoms with Crippen LogP contribution in [0.5, 0.6) is 5.75 Å². The molecule has 1 fully saturated rings. The Morgan fingerprint density at radius 2 is 2.04 bits per heavy atom. The second kappa shape index (κ2) is 12.1. The summed E-state index contributed by atoms with van der Waals surface area (Å²) in [6.07, 6.45) is 2.31. The molecule has 0 radical (unpaired) electrons. The van der Waals surface area contributed by atoms with Crippen molar-refractivity contribution >= 4 is 52.5 Å². The van der Waals surface area contributed by atoms with Crippen molar-refractivity contribution in [3.63, 3.8) is 0 Å². The number of piperidine rings is 1. The largest absolute Gasteiger partial charge is 0.489 e. The van der Waals surface area contributed by atoms with Gasteiger partial charge in [-0.25, -0.2) is 0 Å². The third kappa shape index (κ3) is 6.91. The zero-order valence-corrected chi connectivity index (χ0v) is 18.8. The highest BCUT2D eigenvalue weighted by atomic mass is 127. The highest BCUT2D eigenvalue weighted by Crippen LogP contribution is 2.24. The van der Waals surface area contributed by atoms with Crippen molar-refractivity contribution in [2.75, 3.05) is 39.9 Å². The van der Waals surface area contributed by atoms with Crippen LogP contribution in [-0.2, 0) is 4.74 Å². The van der Waals surface area contributed by atoms with Crippen LogP contribution in [0, 0.1) is 3.57 Å². The molecule has 0 unspecified atom stereocenters. The van der Waals surface area contributed by atoms with Crippen LogP contribution in [0.1, 0.15) is 19.8 Å². The fourth-order valence-corrected chi connectivity index (χ4v) is 3.09. The topological polar surface area (TPSA) is 46.1 Å². The van der Waals surface area contributed by atoms with Crippen LogP contribution < -0.4 is 10.1 Å². The number of guanidine groups is 1. The van der Waals surface area contributed by atoms with Gasteiger partial charge >= 0.3 is 0 Å². The van der Waals surface area contributed by atoms with Gasteiger partial charge in [0, 0.05) is 39.6 Å². The smallest absolute Gasteiger partial charge is 0.193 e. The molecule has 0 saturated carbocycles. The minimum atomic E-state index is 0. The van der Waals surface area contributed by atoms with E-state index < -0.39 is 0 Å². The van der Waals surface area contributed by atoms with Crippen molar-refractivity contribution in [3.05, 3.63) is 27.8 Å². The third-order valence-corrected chi connectivity index (χ3v) is 4.65. The van der Waals surface area contributed by atoms with Gasteiger partial charge in [-0.2, -0.15) is 0 Å². The van der Waals surface area contributed by atoms with Gasteiger partial charge < -0.3 is 19.7 Å². The van der Waals surface area contributed by atoms with Gasteiger partial charge in [0.15, 0.2) is 5.96 Å². The number of nitrogens with one attached hydrogen (secondary N) is 1. The molecule has 0 amide bonds. The van der Waals surface area contributed by atoms with Crippen LogP contribution in [0.4, 0.5) is 0 Å². The lowest BCUT2D eigenvalue weighted by molar-refractivity contribution is 0.128. The Balaban J connectivity index is 0.00000288. The van der Waals surface area contributed by atoms with E-state index in [-0.39, 0.29) is 30.1 Å². The molecule has 5 nitrogen and oxygen atoms in total. The van der Waals surface area contributed by atoms with Gasteiger partial charge in [-0.1, -0.05) is 12.1 Å². The van der Waals surface area contributed by atoms with Gasteiger partial charge in [-0.15, -0.1) is 24.0 Å². The zero-order chi connectivity index (χ0) is 16.5. The average Bonchev–Trinajstić information content (AvgIpc) is 2.57. The number of halogens is 2. The monoisotopic (exact) mass is 559 g/mol. The highest BCUT2D eigenvalue weighted by Gasteiger charge is 2.23. The van der Waals surface area contributed by atoms with E-state index in [1.54, 1.807) is 7.11 Å². The van der Waals surface area contributed by atoms with Gasteiger partial charge in [0.05, 0.1) is 16.7 Å². The molecule has 1 aromatic rings. The maximum Gasteiger partial charge on any atom is 0.193 e. The number of benzene rings is 1. The molecule has 0 bridgehead atoms. The van der Waals surface area contributed by atoms with Crippen LogP contribution in [0.15, 0.2) is 29.3 Å². The van der Waals surface area contributed by atoms with Crippen molar-refractivity contribution in [1.82, 2.24) is 10.2 Å². The second-order valence-corrected chi connectivity index (χ2v) is 6.63. The molecule has 1 aromatic carbocycles. The molecular weight excluding hydrogens is 532 g/mol. The molecule has 1 N–H and O–H groups in total. The maximum atomic E-state index is 6.16. The lowest BCUT2D eigenvalue weighted by Gasteiger charge is -2.34. The Hall–Kier alpha value is -0.290. The first-order valence-corrected chi connectivity index (χ1v) is 9.25. The number of para-hydroxylation sites is 1. The van der Waals surface area contributed by atoms with Crippen LogP contribution in [0.25, 0.3) is 0 Å². The normalized spacial score (nSPS) is 15.8. The Kier molecular flexibility index (Phi) is 11.0. The molecule has 0 atom stereocenters. The summed E-state index contributed by atoms with van der Waals surface area (Å²) in [6, 6.07) is 8.19. The maximum absolute atomic E-state index is 6.16. The number of nitrogens with zero attached hydrogens (tertiary/aromatic N) is 2. The highest BCUT2D eigenvalue weighted by molar-refractivity contribution is 14.1. The number of aliphatic imine (C=N–C) groups is 1. The van der Waals surface area contributed by atoms with E-state index >= 15 is 0 Å². The summed E-state index contributed by atoms with van der Waals surface area (Å²) in [5, 5.41) is 3.36. The summed E-state index contributed by atoms with van der Waals surface area (Å²) >= 11 is 2.32. The van der Waals surface area contributed by atoms with E-state index in [1.807, 2.05) is 18.2 Å². The lowest BCUT2D eigenvalue weighted by atomic mass is 10.1. The first kappa shape index (κ1) is 21.8. The summed E-state index contributed by atoms with van der Waals surface area (Å²) in [5.41, 5.74) is 0. The molecule has 1 heterocycles. The Morgan fingerprint density at radius 3 is 2.67 bits per heavy atom. The number of likely N-dealkylation sites (tertiary alicyclic amines) is 1. The van der Waals surface area contributed by atoms with Gasteiger partial charge in [0.25, 0.3) is 0 Å². The Morgan fingerprint density at radius 1 is 1.33 bits per heavy atom. The van der Waals surface area contributed by atoms with Gasteiger partial charge in [-0.3, -0.25) is 4.99 Å². The molecule has 0 aromatic heterocycles. The van der Waals surface area contributed by atoms with Gasteiger partial charge in [-0.05, 0) is 41.6 Å². The number of ether oxygens (including phenoxy) is 2. The summed E-state index contributed by atoms with van der Waals surface area (Å²) in [4.78, 5) is 6.93. The SMILES string of the molecule is CCNC(=NCCOC)N1CCC(Oc2ccccc2I)CC1.I. The Labute approximate surface area is 175 Å². The van der Waals surface area contributed by atoms with E-state index in [4.69, 9.17) is 9.47 Å². The molecule has 0 spiro atoms. The van der Waals surface area contributed by atoms with Gasteiger partial charge in [0.2, 0.25) is 0 Å². The van der Waals surface area contributed by atoms with Crippen LogP contribution >= 0.6 is 46.6 Å². The molecule has 7 heteroatoms. The van der Waals surface area contributed by atoms with Crippen LogP contribution in [0.3, 0.4) is 0 Å². The minimum absolute atomic E-state index is 0. The molecule has 1 saturated heterocycles. The molecule has 1 aliphatic heterocycles. The van der Waals surface area contributed by atoms with Crippen LogP contribution in [0.2, 0.25) is 0 Å². The average molecular weight is 559 g/mol. The predicted octanol–water partition coefficient (Wildman–Crippen LogP) is 3.36. The quantitative estimate of drug-likeness (QED) is 0.252. The number of rotatable bonds is 6. The first-order chi connectivity index (χ1) is 11.2. The van der Waals surface area contributed by atoms with Gasteiger partial charge in [0.1, 0.15) is 11.9 Å². The fraction of sp³-hybridized carbons (Fsp3) is 0.588. The van der Waals surface area contributed by atoms with Crippen molar-refractivity contribution in [2.45, 2.75) is 25.9 Å². The van der Waals surface area contributed by atoms with E-state index in [9.17, 15) is 0 Å². The molecule has 136 valence electrons. The summed E-state index contributed by atoms with van der Waals surface area (Å²) in [7, 11) is 1.70. The zero-order valence-electron chi connectivity index (χ0n) is 14.3. The summed E-state index contributed by atoms with van der Waals surface area (Å²) < 4.78 is 12.4. The first-order valence-electron chi connectivity index (χ1n) is 8.18. The fourth-order valence-electron chi connectivity index (χ4n) is 2.57. The lowest BCUT2D eigenvalue weighted by Crippen LogP contribution is -2.47. The standard InChI is InChI=1S/C17H26IN3O2.HI/c1-3-19-17(20-10-13-22-2)21-11-8-14(9-12-21)23-16-7-5-4-6-15(16)18;/h4-7,14H,3,8-13H2,1-2H3,(H,19,20);1H. The molecule has 2 rings (SSSR count). The summed E-state index contributed by atoms with van der Waals surface area (Å²) in [6.45, 7) is 6.25. The van der Waals surface area contributed by atoms with E-state index in [2.05, 4.69) is 50.8 Å². The van der Waals surface area contributed by atoms with E-state index in [1.165, 1.54) is 3.57 Å². The molecular formula is C17H27I2N3O2. The van der Waals surface area contributed by atoms with Crippen LogP contribution in [-0.4, -0.2) is 56.9 Å². The minimum Gasteiger partial charge on any atom is -0.489 e. The number of methoxy groups -OCH3 is 1. The third-order valence-electron chi connectivity index (χ3n) is 3.76. The molecule has 0 aliphatic carbocycles. The van der Waals surface area contributed by atoms with Crippen molar-refractivity contribution < 1.29 is 9.47 Å². The number of hydrogen-bond donors (Lipinski definition) is 1. The Bertz CT molecular complexity index is 506. The van der Waals surface area contributed by atoms with E-state index in [0.717, 1.165) is 44.2 Å². The van der Waals surface area contributed by atoms with E-state index in [0.29, 0.717) is 13.2 Å².